The van der Waals surface area contributed by atoms with Gasteiger partial charge in [0.25, 0.3) is 0 Å². The van der Waals surface area contributed by atoms with E-state index in [1.807, 2.05) is 12.1 Å². The lowest BCUT2D eigenvalue weighted by molar-refractivity contribution is -0.143. The fourth-order valence-corrected chi connectivity index (χ4v) is 13.6. The summed E-state index contributed by atoms with van der Waals surface area (Å²) in [5.41, 5.74) is 3.68. The number of nitrogens with zero attached hydrogens (tertiary/aromatic N) is 1. The number of hydrogen-bond donors (Lipinski definition) is 0. The Labute approximate surface area is 206 Å². The van der Waals surface area contributed by atoms with Crippen LogP contribution in [0.1, 0.15) is 92.1 Å². The molecule has 1 unspecified atom stereocenters. The third-order valence-corrected chi connectivity index (χ3v) is 14.9. The number of fused-ring (bicyclic) bond motifs is 1. The Hall–Kier alpha value is -2.08. The standard InChI is InChI=1S/C28H43NO4Si/c1-18(2)34(19(3)4,20(5)6)29-17-26(24-16-23(33-21(7)30)13-14-27(24)29)25(28(31)32-8)15-22-11-9-10-12-22/h13-14,16-20,22,25H,9-12,15H2,1-8H3. The smallest absolute Gasteiger partial charge is 0.313 e. The first-order chi connectivity index (χ1) is 16.0. The van der Waals surface area contributed by atoms with Crippen LogP contribution in [0.2, 0.25) is 16.6 Å². The van der Waals surface area contributed by atoms with Crippen molar-refractivity contribution < 1.29 is 19.1 Å². The third-order valence-electron chi connectivity index (χ3n) is 8.17. The zero-order valence-electron chi connectivity index (χ0n) is 22.3. The van der Waals surface area contributed by atoms with E-state index in [0.29, 0.717) is 28.3 Å². The first kappa shape index (κ1) is 26.5. The van der Waals surface area contributed by atoms with Crippen LogP contribution < -0.4 is 4.74 Å². The number of rotatable bonds is 9. The molecule has 0 aliphatic heterocycles. The number of ether oxygens (including phenoxy) is 2. The molecule has 0 amide bonds. The largest absolute Gasteiger partial charge is 0.469 e. The summed E-state index contributed by atoms with van der Waals surface area (Å²) in [7, 11) is -0.586. The number of esters is 2. The van der Waals surface area contributed by atoms with Gasteiger partial charge in [-0.15, -0.1) is 0 Å². The van der Waals surface area contributed by atoms with Crippen LogP contribution in [0.3, 0.4) is 0 Å². The predicted octanol–water partition coefficient (Wildman–Crippen LogP) is 7.43. The highest BCUT2D eigenvalue weighted by atomic mass is 28.3. The molecule has 188 valence electrons. The molecule has 0 saturated heterocycles. The zero-order valence-corrected chi connectivity index (χ0v) is 23.3. The number of benzene rings is 1. The van der Waals surface area contributed by atoms with Crippen LogP contribution in [0.4, 0.5) is 0 Å². The molecule has 0 N–H and O–H groups in total. The number of carbonyl (C=O) groups is 2. The monoisotopic (exact) mass is 485 g/mol. The van der Waals surface area contributed by atoms with Gasteiger partial charge in [0.2, 0.25) is 0 Å². The Bertz CT molecular complexity index is 995. The minimum absolute atomic E-state index is 0.172. The molecular weight excluding hydrogens is 442 g/mol. The van der Waals surface area contributed by atoms with Gasteiger partial charge in [-0.25, -0.2) is 0 Å². The second-order valence-electron chi connectivity index (χ2n) is 11.0. The Morgan fingerprint density at radius 2 is 1.62 bits per heavy atom. The first-order valence-corrected chi connectivity index (χ1v) is 15.1. The Morgan fingerprint density at radius 3 is 2.12 bits per heavy atom. The molecule has 34 heavy (non-hydrogen) atoms. The van der Waals surface area contributed by atoms with Gasteiger partial charge in [0.05, 0.1) is 13.0 Å². The van der Waals surface area contributed by atoms with Crippen LogP contribution in [0.25, 0.3) is 10.9 Å². The summed E-state index contributed by atoms with van der Waals surface area (Å²) < 4.78 is 13.4. The highest BCUT2D eigenvalue weighted by Gasteiger charge is 2.46. The highest BCUT2D eigenvalue weighted by Crippen LogP contribution is 2.47. The number of aromatic nitrogens is 1. The summed E-state index contributed by atoms with van der Waals surface area (Å²) in [6, 6.07) is 5.91. The van der Waals surface area contributed by atoms with Gasteiger partial charge in [-0.2, -0.15) is 0 Å². The average Bonchev–Trinajstić information content (AvgIpc) is 3.39. The Kier molecular flexibility index (Phi) is 8.33. The molecule has 0 spiro atoms. The van der Waals surface area contributed by atoms with E-state index in [4.69, 9.17) is 9.47 Å². The van der Waals surface area contributed by atoms with Crippen molar-refractivity contribution in [3.8, 4) is 5.75 Å². The van der Waals surface area contributed by atoms with Crippen molar-refractivity contribution >= 4 is 31.1 Å². The molecule has 0 bridgehead atoms. The van der Waals surface area contributed by atoms with Gasteiger partial charge < -0.3 is 13.7 Å². The maximum Gasteiger partial charge on any atom is 0.313 e. The van der Waals surface area contributed by atoms with Crippen LogP contribution in [0, 0.1) is 5.92 Å². The summed E-state index contributed by atoms with van der Waals surface area (Å²) in [5, 5.41) is 1.01. The minimum Gasteiger partial charge on any atom is -0.469 e. The van der Waals surface area contributed by atoms with Crippen molar-refractivity contribution in [2.24, 2.45) is 5.92 Å². The number of hydrogen-bond acceptors (Lipinski definition) is 4. The summed E-state index contributed by atoms with van der Waals surface area (Å²) in [5.74, 6) is 0.235. The Balaban J connectivity index is 2.30. The van der Waals surface area contributed by atoms with Crippen molar-refractivity contribution in [3.63, 3.8) is 0 Å². The van der Waals surface area contributed by atoms with E-state index < -0.39 is 8.24 Å². The van der Waals surface area contributed by atoms with Crippen molar-refractivity contribution in [3.05, 3.63) is 30.0 Å². The van der Waals surface area contributed by atoms with E-state index in [1.165, 1.54) is 39.7 Å². The van der Waals surface area contributed by atoms with Gasteiger partial charge in [0.1, 0.15) is 5.75 Å². The van der Waals surface area contributed by atoms with Crippen LogP contribution in [-0.2, 0) is 14.3 Å². The lowest BCUT2D eigenvalue weighted by Gasteiger charge is -2.44. The lowest BCUT2D eigenvalue weighted by Crippen LogP contribution is -2.51. The molecule has 1 aliphatic rings. The van der Waals surface area contributed by atoms with Crippen LogP contribution in [-0.4, -0.2) is 31.5 Å². The molecule has 1 aromatic heterocycles. The van der Waals surface area contributed by atoms with Crippen LogP contribution in [0.5, 0.6) is 5.75 Å². The first-order valence-electron chi connectivity index (χ1n) is 13.0. The molecule has 1 saturated carbocycles. The van der Waals surface area contributed by atoms with Gasteiger partial charge in [0.15, 0.2) is 8.24 Å². The fourth-order valence-electron chi connectivity index (χ4n) is 6.97. The summed E-state index contributed by atoms with van der Waals surface area (Å²) in [6.45, 7) is 15.5. The van der Waals surface area contributed by atoms with Gasteiger partial charge in [0, 0.05) is 24.0 Å². The second-order valence-corrected chi connectivity index (χ2v) is 16.8. The summed E-state index contributed by atoms with van der Waals surface area (Å²) in [4.78, 5) is 24.9. The van der Waals surface area contributed by atoms with Crippen LogP contribution in [0.15, 0.2) is 24.4 Å². The van der Waals surface area contributed by atoms with E-state index in [-0.39, 0.29) is 17.9 Å². The van der Waals surface area contributed by atoms with Crippen molar-refractivity contribution in [1.82, 2.24) is 4.23 Å². The van der Waals surface area contributed by atoms with E-state index in [2.05, 4.69) is 58.0 Å². The number of methoxy groups -OCH3 is 1. The van der Waals surface area contributed by atoms with Gasteiger partial charge in [-0.05, 0) is 52.7 Å². The Morgan fingerprint density at radius 1 is 1.03 bits per heavy atom. The van der Waals surface area contributed by atoms with E-state index >= 15 is 0 Å². The molecular formula is C28H43NO4Si. The molecule has 1 aliphatic carbocycles. The maximum atomic E-state index is 13.2. The van der Waals surface area contributed by atoms with Crippen LogP contribution >= 0.6 is 0 Å². The highest BCUT2D eigenvalue weighted by molar-refractivity contribution is 6.82. The van der Waals surface area contributed by atoms with E-state index in [9.17, 15) is 9.59 Å². The molecule has 0 radical (unpaired) electrons. The van der Waals surface area contributed by atoms with Gasteiger partial charge in [-0.1, -0.05) is 67.2 Å². The van der Waals surface area contributed by atoms with Crippen molar-refractivity contribution in [2.45, 2.75) is 103 Å². The van der Waals surface area contributed by atoms with Crippen molar-refractivity contribution in [1.29, 1.82) is 0 Å². The molecule has 5 nitrogen and oxygen atoms in total. The molecule has 1 heterocycles. The van der Waals surface area contributed by atoms with E-state index in [1.54, 1.807) is 0 Å². The van der Waals surface area contributed by atoms with Gasteiger partial charge >= 0.3 is 11.9 Å². The maximum absolute atomic E-state index is 13.2. The molecule has 1 aromatic carbocycles. The van der Waals surface area contributed by atoms with E-state index in [0.717, 1.165) is 22.9 Å². The number of carbonyl (C=O) groups excluding carboxylic acids is 2. The fraction of sp³-hybridized carbons (Fsp3) is 0.643. The lowest BCUT2D eigenvalue weighted by atomic mass is 9.87. The average molecular weight is 486 g/mol. The normalized spacial score (nSPS) is 16.1. The summed E-state index contributed by atoms with van der Waals surface area (Å²) >= 11 is 0. The molecule has 3 rings (SSSR count). The molecule has 1 fully saturated rings. The van der Waals surface area contributed by atoms with Crippen molar-refractivity contribution in [2.75, 3.05) is 7.11 Å². The molecule has 1 atom stereocenters. The second kappa shape index (κ2) is 10.7. The molecule has 2 aromatic rings. The molecule has 6 heteroatoms. The minimum atomic E-state index is -2.07. The quantitative estimate of drug-likeness (QED) is 0.210. The zero-order chi connectivity index (χ0) is 25.2. The SMILES string of the molecule is COC(=O)C(CC1CCCC1)c1cn([Si](C(C)C)(C(C)C)C(C)C)c2ccc(OC(C)=O)cc12. The summed E-state index contributed by atoms with van der Waals surface area (Å²) in [6.07, 6.45) is 7.90. The third kappa shape index (κ3) is 4.84. The topological polar surface area (TPSA) is 57.5 Å². The van der Waals surface area contributed by atoms with Gasteiger partial charge in [-0.3, -0.25) is 9.59 Å². The predicted molar refractivity (Wildman–Crippen MR) is 141 cm³/mol.